The van der Waals surface area contributed by atoms with Gasteiger partial charge in [0.1, 0.15) is 5.37 Å². The fourth-order valence-electron chi connectivity index (χ4n) is 3.78. The van der Waals surface area contributed by atoms with Crippen molar-refractivity contribution in [3.63, 3.8) is 0 Å². The van der Waals surface area contributed by atoms with Gasteiger partial charge >= 0.3 is 0 Å². The monoisotopic (exact) mass is 400 g/mol. The van der Waals surface area contributed by atoms with Crippen molar-refractivity contribution in [3.05, 3.63) is 65.2 Å². The highest BCUT2D eigenvalue weighted by molar-refractivity contribution is 7.99. The first-order valence-corrected chi connectivity index (χ1v) is 10.1. The first-order chi connectivity index (χ1) is 14.2. The Morgan fingerprint density at radius 3 is 2.79 bits per heavy atom. The van der Waals surface area contributed by atoms with Crippen molar-refractivity contribution >= 4 is 28.3 Å². The fourth-order valence-corrected chi connectivity index (χ4v) is 4.78. The predicted molar refractivity (Wildman–Crippen MR) is 111 cm³/mol. The molecule has 1 atom stereocenters. The van der Waals surface area contributed by atoms with Crippen LogP contribution in [0.3, 0.4) is 0 Å². The van der Waals surface area contributed by atoms with Crippen LogP contribution in [0.2, 0.25) is 0 Å². The summed E-state index contributed by atoms with van der Waals surface area (Å²) in [6, 6.07) is 16.6. The number of hydrogen-bond acceptors (Lipinski definition) is 7. The molecule has 4 heterocycles. The highest BCUT2D eigenvalue weighted by Crippen LogP contribution is 2.42. The summed E-state index contributed by atoms with van der Waals surface area (Å²) in [6.45, 7) is 4.16. The van der Waals surface area contributed by atoms with E-state index in [1.807, 2.05) is 16.8 Å². The van der Waals surface area contributed by atoms with Gasteiger partial charge in [-0.2, -0.15) is 4.52 Å². The minimum atomic E-state index is -0.0679. The highest BCUT2D eigenvalue weighted by Gasteiger charge is 2.31. The molecule has 3 aromatic heterocycles. The molecule has 29 heavy (non-hydrogen) atoms. The van der Waals surface area contributed by atoms with Crippen LogP contribution >= 0.6 is 11.8 Å². The number of nitrogens with one attached hydrogen (secondary N) is 1. The number of aryl methyl sites for hydroxylation is 2. The molecule has 0 aliphatic carbocycles. The van der Waals surface area contributed by atoms with Gasteiger partial charge in [0.2, 0.25) is 5.16 Å². The Morgan fingerprint density at radius 1 is 1.00 bits per heavy atom. The van der Waals surface area contributed by atoms with Crippen LogP contribution in [-0.2, 0) is 0 Å². The smallest absolute Gasteiger partial charge is 0.212 e. The third-order valence-corrected chi connectivity index (χ3v) is 6.29. The second kappa shape index (κ2) is 6.02. The molecule has 0 saturated heterocycles. The van der Waals surface area contributed by atoms with E-state index in [4.69, 9.17) is 0 Å². The van der Waals surface area contributed by atoms with Gasteiger partial charge in [-0.3, -0.25) is 0 Å². The molecule has 0 amide bonds. The van der Waals surface area contributed by atoms with Gasteiger partial charge in [-0.1, -0.05) is 47.7 Å². The van der Waals surface area contributed by atoms with E-state index in [2.05, 4.69) is 81.4 Å². The number of aromatic nitrogens is 7. The summed E-state index contributed by atoms with van der Waals surface area (Å²) in [7, 11) is 0. The molecule has 1 aliphatic rings. The second-order valence-corrected chi connectivity index (χ2v) is 8.23. The molecular formula is C20H16N8S. The summed E-state index contributed by atoms with van der Waals surface area (Å²) < 4.78 is 3.76. The molecule has 1 unspecified atom stereocenters. The molecule has 0 radical (unpaired) electrons. The van der Waals surface area contributed by atoms with E-state index in [0.717, 1.165) is 44.2 Å². The molecule has 9 heteroatoms. The number of tetrazole rings is 1. The maximum atomic E-state index is 4.39. The van der Waals surface area contributed by atoms with Crippen LogP contribution in [0, 0.1) is 13.8 Å². The van der Waals surface area contributed by atoms with E-state index in [1.165, 1.54) is 5.56 Å². The lowest BCUT2D eigenvalue weighted by atomic mass is 10.1. The Morgan fingerprint density at radius 2 is 1.90 bits per heavy atom. The number of thioether (sulfide) groups is 1. The van der Waals surface area contributed by atoms with E-state index in [9.17, 15) is 0 Å². The maximum absolute atomic E-state index is 4.39. The number of hydrogen-bond donors (Lipinski definition) is 1. The summed E-state index contributed by atoms with van der Waals surface area (Å²) in [5.41, 5.74) is 9.68. The van der Waals surface area contributed by atoms with Crippen molar-refractivity contribution in [3.8, 4) is 11.4 Å². The number of rotatable bonds is 2. The van der Waals surface area contributed by atoms with Crippen LogP contribution in [0.4, 0.5) is 0 Å². The second-order valence-electron chi connectivity index (χ2n) is 7.16. The Hall–Kier alpha value is -3.46. The SMILES string of the molecule is Cc1ccc2c(c1)cc(C1Nn3c(nnc3-c3ccccc3C)S1)c1nnnn12. The zero-order valence-electron chi connectivity index (χ0n) is 15.7. The quantitative estimate of drug-likeness (QED) is 0.485. The van der Waals surface area contributed by atoms with Gasteiger partial charge in [0.15, 0.2) is 11.5 Å². The summed E-state index contributed by atoms with van der Waals surface area (Å²) in [6.07, 6.45) is 0. The van der Waals surface area contributed by atoms with Crippen LogP contribution in [0.25, 0.3) is 27.9 Å². The van der Waals surface area contributed by atoms with Crippen molar-refractivity contribution in [2.24, 2.45) is 0 Å². The van der Waals surface area contributed by atoms with Gasteiger partial charge in [-0.15, -0.1) is 15.3 Å². The van der Waals surface area contributed by atoms with Gasteiger partial charge in [-0.05, 0) is 48.0 Å². The third-order valence-electron chi connectivity index (χ3n) is 5.22. The molecular weight excluding hydrogens is 384 g/mol. The number of pyridine rings is 1. The van der Waals surface area contributed by atoms with Crippen LogP contribution < -0.4 is 5.43 Å². The van der Waals surface area contributed by atoms with Crippen molar-refractivity contribution in [1.29, 1.82) is 0 Å². The molecule has 0 bridgehead atoms. The largest absolute Gasteiger partial charge is 0.304 e. The Bertz CT molecular complexity index is 1400. The summed E-state index contributed by atoms with van der Waals surface area (Å²) >= 11 is 1.61. The standard InChI is InChI=1S/C20H16N8S/c1-11-7-8-16-13(9-11)10-15(18-22-25-26-27(16)18)19-24-28-17(21-23-20(28)29-19)14-6-4-3-5-12(14)2/h3-10,19,24H,1-2H3. The molecule has 6 rings (SSSR count). The van der Waals surface area contributed by atoms with Crippen LogP contribution in [0.1, 0.15) is 22.1 Å². The lowest BCUT2D eigenvalue weighted by Crippen LogP contribution is -2.15. The summed E-state index contributed by atoms with van der Waals surface area (Å²) in [5.74, 6) is 0.806. The molecule has 142 valence electrons. The average Bonchev–Trinajstić information content (AvgIpc) is 3.43. The van der Waals surface area contributed by atoms with Crippen molar-refractivity contribution in [2.45, 2.75) is 24.4 Å². The Balaban J connectivity index is 1.47. The molecule has 1 N–H and O–H groups in total. The maximum Gasteiger partial charge on any atom is 0.212 e. The fraction of sp³-hybridized carbons (Fsp3) is 0.150. The third kappa shape index (κ3) is 2.44. The van der Waals surface area contributed by atoms with Crippen molar-refractivity contribution < 1.29 is 0 Å². The van der Waals surface area contributed by atoms with E-state index in [1.54, 1.807) is 16.3 Å². The molecule has 5 aromatic rings. The first kappa shape index (κ1) is 16.5. The Labute approximate surface area is 169 Å². The first-order valence-electron chi connectivity index (χ1n) is 9.25. The highest BCUT2D eigenvalue weighted by atomic mass is 32.2. The van der Waals surface area contributed by atoms with Gasteiger partial charge in [0, 0.05) is 16.5 Å². The summed E-state index contributed by atoms with van der Waals surface area (Å²) in [4.78, 5) is 0. The number of nitrogens with zero attached hydrogens (tertiary/aromatic N) is 7. The van der Waals surface area contributed by atoms with Gasteiger partial charge in [0.25, 0.3) is 0 Å². The average molecular weight is 400 g/mol. The minimum Gasteiger partial charge on any atom is -0.304 e. The lowest BCUT2D eigenvalue weighted by Gasteiger charge is -2.14. The Kier molecular flexibility index (Phi) is 3.42. The predicted octanol–water partition coefficient (Wildman–Crippen LogP) is 3.50. The van der Waals surface area contributed by atoms with Gasteiger partial charge in [0.05, 0.1) is 5.52 Å². The van der Waals surface area contributed by atoms with Crippen molar-refractivity contribution in [1.82, 2.24) is 34.9 Å². The minimum absolute atomic E-state index is 0.0679. The number of benzene rings is 2. The zero-order chi connectivity index (χ0) is 19.5. The normalized spacial score (nSPS) is 15.7. The van der Waals surface area contributed by atoms with Crippen LogP contribution in [-0.4, -0.2) is 34.9 Å². The molecule has 1 aliphatic heterocycles. The zero-order valence-corrected chi connectivity index (χ0v) is 16.6. The van der Waals surface area contributed by atoms with E-state index in [-0.39, 0.29) is 5.37 Å². The summed E-state index contributed by atoms with van der Waals surface area (Å²) in [5, 5.41) is 23.0. The molecule has 0 fully saturated rings. The molecule has 0 saturated carbocycles. The van der Waals surface area contributed by atoms with Gasteiger partial charge < -0.3 is 5.43 Å². The van der Waals surface area contributed by atoms with Crippen LogP contribution in [0.5, 0.6) is 0 Å². The molecule has 0 spiro atoms. The topological polar surface area (TPSA) is 85.8 Å². The lowest BCUT2D eigenvalue weighted by molar-refractivity contribution is 0.791. The van der Waals surface area contributed by atoms with Crippen molar-refractivity contribution in [2.75, 3.05) is 5.43 Å². The van der Waals surface area contributed by atoms with Crippen LogP contribution in [0.15, 0.2) is 53.7 Å². The van der Waals surface area contributed by atoms with E-state index >= 15 is 0 Å². The van der Waals surface area contributed by atoms with E-state index in [0.29, 0.717) is 0 Å². The molecule has 8 nitrogen and oxygen atoms in total. The molecule has 2 aromatic carbocycles. The number of fused-ring (bicyclic) bond motifs is 4. The van der Waals surface area contributed by atoms with E-state index < -0.39 is 0 Å². The van der Waals surface area contributed by atoms with Gasteiger partial charge in [-0.25, -0.2) is 4.68 Å².